The summed E-state index contributed by atoms with van der Waals surface area (Å²) in [5.41, 5.74) is 3.23. The number of nitrogens with zero attached hydrogens (tertiary/aromatic N) is 3. The Kier molecular flexibility index (Phi) is 4.09. The van der Waals surface area contributed by atoms with E-state index in [2.05, 4.69) is 10.4 Å². The lowest BCUT2D eigenvalue weighted by Gasteiger charge is -2.05. The number of rotatable bonds is 3. The number of hydrogen-bond acceptors (Lipinski definition) is 3. The molecule has 5 nitrogen and oxygen atoms in total. The predicted octanol–water partition coefficient (Wildman–Crippen LogP) is 4.82. The Hall–Kier alpha value is -2.92. The zero-order valence-electron chi connectivity index (χ0n) is 14.5. The number of fused-ring (bicyclic) bond motifs is 2. The third-order valence-electron chi connectivity index (χ3n) is 4.32. The molecule has 0 aliphatic heterocycles. The largest absolute Gasteiger partial charge is 0.304 e. The number of hydrogen-bond donors (Lipinski definition) is 1. The fourth-order valence-electron chi connectivity index (χ4n) is 2.99. The van der Waals surface area contributed by atoms with Gasteiger partial charge in [-0.2, -0.15) is 5.10 Å². The van der Waals surface area contributed by atoms with Crippen LogP contribution in [0.1, 0.15) is 22.8 Å². The van der Waals surface area contributed by atoms with Crippen molar-refractivity contribution in [2.75, 3.05) is 5.32 Å². The summed E-state index contributed by atoms with van der Waals surface area (Å²) in [6.45, 7) is 4.69. The maximum Gasteiger partial charge on any atom is 0.258 e. The Bertz CT molecular complexity index is 1150. The maximum absolute atomic E-state index is 12.6. The van der Waals surface area contributed by atoms with Crippen LogP contribution in [0.3, 0.4) is 0 Å². The van der Waals surface area contributed by atoms with Crippen LogP contribution in [0, 0.1) is 6.92 Å². The number of aromatic nitrogens is 3. The van der Waals surface area contributed by atoms with Crippen molar-refractivity contribution in [2.45, 2.75) is 20.4 Å². The molecule has 4 aromatic rings. The van der Waals surface area contributed by atoms with Crippen LogP contribution < -0.4 is 5.32 Å². The minimum absolute atomic E-state index is 0.290. The average molecular weight is 365 g/mol. The van der Waals surface area contributed by atoms with Crippen LogP contribution in [-0.2, 0) is 6.54 Å². The minimum atomic E-state index is -0.290. The molecule has 1 amide bonds. The molecule has 1 N–H and O–H groups in total. The Morgan fingerprint density at radius 1 is 1.19 bits per heavy atom. The van der Waals surface area contributed by atoms with E-state index in [-0.39, 0.29) is 5.91 Å². The Morgan fingerprint density at radius 2 is 2.00 bits per heavy atom. The van der Waals surface area contributed by atoms with Gasteiger partial charge in [0.25, 0.3) is 5.91 Å². The number of carbonyl (C=O) groups excluding carboxylic acids is 1. The molecule has 26 heavy (non-hydrogen) atoms. The molecule has 0 fully saturated rings. The summed E-state index contributed by atoms with van der Waals surface area (Å²) >= 11 is 6.13. The second-order valence-corrected chi connectivity index (χ2v) is 6.56. The van der Waals surface area contributed by atoms with Crippen molar-refractivity contribution in [1.82, 2.24) is 14.8 Å². The lowest BCUT2D eigenvalue weighted by Crippen LogP contribution is -2.13. The second-order valence-electron chi connectivity index (χ2n) is 6.15. The van der Waals surface area contributed by atoms with Crippen molar-refractivity contribution in [3.63, 3.8) is 0 Å². The topological polar surface area (TPSA) is 59.8 Å². The van der Waals surface area contributed by atoms with Gasteiger partial charge in [0.2, 0.25) is 0 Å². The molecule has 0 saturated heterocycles. The number of aryl methyl sites for hydroxylation is 2. The first-order chi connectivity index (χ1) is 12.6. The zero-order chi connectivity index (χ0) is 18.3. The highest BCUT2D eigenvalue weighted by Crippen LogP contribution is 2.27. The summed E-state index contributed by atoms with van der Waals surface area (Å²) in [6, 6.07) is 15.1. The van der Waals surface area contributed by atoms with E-state index < -0.39 is 0 Å². The SMILES string of the molecule is CCn1nc(NC(=O)c2ccccc2Cl)c2cc3ccc(C)cc3nc21. The molecule has 0 atom stereocenters. The first-order valence-corrected chi connectivity index (χ1v) is 8.78. The van der Waals surface area contributed by atoms with E-state index in [1.807, 2.05) is 38.1 Å². The Morgan fingerprint density at radius 3 is 2.77 bits per heavy atom. The van der Waals surface area contributed by atoms with Crippen LogP contribution >= 0.6 is 11.6 Å². The van der Waals surface area contributed by atoms with Gasteiger partial charge in [0, 0.05) is 11.9 Å². The summed E-state index contributed by atoms with van der Waals surface area (Å²) in [7, 11) is 0. The smallest absolute Gasteiger partial charge is 0.258 e. The normalized spacial score (nSPS) is 11.2. The number of anilines is 1. The Labute approximate surface area is 155 Å². The minimum Gasteiger partial charge on any atom is -0.304 e. The van der Waals surface area contributed by atoms with Crippen molar-refractivity contribution >= 4 is 45.3 Å². The van der Waals surface area contributed by atoms with E-state index in [1.54, 1.807) is 28.9 Å². The van der Waals surface area contributed by atoms with Crippen molar-refractivity contribution in [2.24, 2.45) is 0 Å². The van der Waals surface area contributed by atoms with E-state index in [4.69, 9.17) is 16.6 Å². The lowest BCUT2D eigenvalue weighted by atomic mass is 10.1. The highest BCUT2D eigenvalue weighted by Gasteiger charge is 2.17. The molecule has 0 bridgehead atoms. The lowest BCUT2D eigenvalue weighted by molar-refractivity contribution is 0.102. The fraction of sp³-hybridized carbons (Fsp3) is 0.150. The standard InChI is InChI=1S/C20H17ClN4O/c1-3-25-19-15(11-13-9-8-12(2)10-17(13)22-19)18(24-25)23-20(26)14-6-4-5-7-16(14)21/h4-11H,3H2,1-2H3,(H,23,24,26). The van der Waals surface area contributed by atoms with E-state index >= 15 is 0 Å². The summed E-state index contributed by atoms with van der Waals surface area (Å²) in [4.78, 5) is 17.4. The molecule has 4 rings (SSSR count). The zero-order valence-corrected chi connectivity index (χ0v) is 15.2. The number of benzene rings is 2. The van der Waals surface area contributed by atoms with Crippen LogP contribution in [0.2, 0.25) is 5.02 Å². The number of amides is 1. The number of pyridine rings is 1. The molecule has 0 aliphatic rings. The monoisotopic (exact) mass is 364 g/mol. The van der Waals surface area contributed by atoms with Crippen LogP contribution in [0.4, 0.5) is 5.82 Å². The average Bonchev–Trinajstić information content (AvgIpc) is 2.96. The van der Waals surface area contributed by atoms with E-state index in [9.17, 15) is 4.79 Å². The van der Waals surface area contributed by atoms with Gasteiger partial charge in [0.1, 0.15) is 0 Å². The molecule has 6 heteroatoms. The van der Waals surface area contributed by atoms with E-state index in [0.29, 0.717) is 22.9 Å². The third-order valence-corrected chi connectivity index (χ3v) is 4.65. The van der Waals surface area contributed by atoms with Gasteiger partial charge in [-0.1, -0.05) is 35.9 Å². The summed E-state index contributed by atoms with van der Waals surface area (Å²) < 4.78 is 1.79. The highest BCUT2D eigenvalue weighted by molar-refractivity contribution is 6.34. The number of carbonyl (C=O) groups is 1. The maximum atomic E-state index is 12.6. The van der Waals surface area contributed by atoms with Crippen LogP contribution in [0.15, 0.2) is 48.5 Å². The summed E-state index contributed by atoms with van der Waals surface area (Å²) in [5.74, 6) is 0.198. The molecule has 0 radical (unpaired) electrons. The molecule has 0 aliphatic carbocycles. The van der Waals surface area contributed by atoms with Gasteiger partial charge in [-0.25, -0.2) is 9.67 Å². The van der Waals surface area contributed by atoms with Gasteiger partial charge in [-0.15, -0.1) is 0 Å². The first-order valence-electron chi connectivity index (χ1n) is 8.40. The van der Waals surface area contributed by atoms with Crippen molar-refractivity contribution in [1.29, 1.82) is 0 Å². The third kappa shape index (κ3) is 2.80. The van der Waals surface area contributed by atoms with Gasteiger partial charge in [-0.05, 0) is 43.7 Å². The second kappa shape index (κ2) is 6.42. The molecule has 2 aromatic carbocycles. The van der Waals surface area contributed by atoms with Gasteiger partial charge in [0.05, 0.1) is 21.5 Å². The van der Waals surface area contributed by atoms with Gasteiger partial charge >= 0.3 is 0 Å². The van der Waals surface area contributed by atoms with Gasteiger partial charge in [0.15, 0.2) is 11.5 Å². The molecule has 130 valence electrons. The highest BCUT2D eigenvalue weighted by atomic mass is 35.5. The molecule has 0 spiro atoms. The van der Waals surface area contributed by atoms with Crippen LogP contribution in [-0.4, -0.2) is 20.7 Å². The molecular formula is C20H17ClN4O. The molecule has 2 heterocycles. The molecule has 0 unspecified atom stereocenters. The van der Waals surface area contributed by atoms with E-state index in [0.717, 1.165) is 27.5 Å². The van der Waals surface area contributed by atoms with Crippen LogP contribution in [0.5, 0.6) is 0 Å². The molecule has 2 aromatic heterocycles. The van der Waals surface area contributed by atoms with Gasteiger partial charge in [-0.3, -0.25) is 4.79 Å². The van der Waals surface area contributed by atoms with Crippen molar-refractivity contribution in [3.8, 4) is 0 Å². The summed E-state index contributed by atoms with van der Waals surface area (Å²) in [6.07, 6.45) is 0. The summed E-state index contributed by atoms with van der Waals surface area (Å²) in [5, 5.41) is 9.63. The fourth-order valence-corrected chi connectivity index (χ4v) is 3.21. The molecular weight excluding hydrogens is 348 g/mol. The van der Waals surface area contributed by atoms with Crippen molar-refractivity contribution < 1.29 is 4.79 Å². The number of nitrogens with one attached hydrogen (secondary N) is 1. The molecule has 0 saturated carbocycles. The van der Waals surface area contributed by atoms with Gasteiger partial charge < -0.3 is 5.32 Å². The first kappa shape index (κ1) is 16.5. The number of halogens is 1. The van der Waals surface area contributed by atoms with Crippen molar-refractivity contribution in [3.05, 3.63) is 64.7 Å². The Balaban J connectivity index is 1.83. The van der Waals surface area contributed by atoms with Crippen LogP contribution in [0.25, 0.3) is 21.9 Å². The van der Waals surface area contributed by atoms with E-state index in [1.165, 1.54) is 0 Å². The predicted molar refractivity (Wildman–Crippen MR) is 105 cm³/mol. The quantitative estimate of drug-likeness (QED) is 0.567.